The third-order valence-corrected chi connectivity index (χ3v) is 7.41. The number of hydrogen-bond donors (Lipinski definition) is 0. The van der Waals surface area contributed by atoms with Gasteiger partial charge in [0.25, 0.3) is 5.91 Å². The molecule has 0 aliphatic carbocycles. The quantitative estimate of drug-likeness (QED) is 0.528. The predicted molar refractivity (Wildman–Crippen MR) is 130 cm³/mol. The average molecular weight is 473 g/mol. The molecule has 0 bridgehead atoms. The summed E-state index contributed by atoms with van der Waals surface area (Å²) in [5.41, 5.74) is 3.33. The molecule has 7 heteroatoms. The average Bonchev–Trinajstić information content (AvgIpc) is 3.34. The molecule has 1 aromatic heterocycles. The Kier molecular flexibility index (Phi) is 7.72. The zero-order valence-corrected chi connectivity index (χ0v) is 21.0. The molecule has 2 saturated heterocycles. The van der Waals surface area contributed by atoms with Crippen molar-refractivity contribution in [2.45, 2.75) is 83.7 Å². The van der Waals surface area contributed by atoms with Crippen LogP contribution in [0.15, 0.2) is 29.9 Å². The van der Waals surface area contributed by atoms with Crippen LogP contribution in [0.4, 0.5) is 0 Å². The number of likely N-dealkylation sites (tertiary alicyclic amines) is 1. The molecular formula is C26H36N2O4S. The Bertz CT molecular complexity index is 922. The highest BCUT2D eigenvalue weighted by Crippen LogP contribution is 2.44. The maximum absolute atomic E-state index is 13.2. The number of ether oxygens (including phenoxy) is 3. The van der Waals surface area contributed by atoms with E-state index < -0.39 is 0 Å². The van der Waals surface area contributed by atoms with Crippen molar-refractivity contribution in [1.29, 1.82) is 0 Å². The van der Waals surface area contributed by atoms with Crippen LogP contribution in [0.3, 0.4) is 0 Å². The van der Waals surface area contributed by atoms with Crippen molar-refractivity contribution in [3.8, 4) is 5.75 Å². The highest BCUT2D eigenvalue weighted by molar-refractivity contribution is 7.09. The van der Waals surface area contributed by atoms with Gasteiger partial charge in [0.15, 0.2) is 0 Å². The van der Waals surface area contributed by atoms with Gasteiger partial charge in [-0.1, -0.05) is 6.92 Å². The zero-order chi connectivity index (χ0) is 23.4. The Hall–Kier alpha value is -1.96. The summed E-state index contributed by atoms with van der Waals surface area (Å²) in [4.78, 5) is 20.6. The van der Waals surface area contributed by atoms with Crippen LogP contribution in [-0.4, -0.2) is 53.3 Å². The first-order valence-corrected chi connectivity index (χ1v) is 13.0. The lowest BCUT2D eigenvalue weighted by Gasteiger charge is -2.48. The molecular weight excluding hydrogens is 436 g/mol. The minimum atomic E-state index is -0.243. The highest BCUT2D eigenvalue weighted by Gasteiger charge is 2.45. The molecule has 1 aromatic carbocycles. The monoisotopic (exact) mass is 472 g/mol. The van der Waals surface area contributed by atoms with Gasteiger partial charge >= 0.3 is 0 Å². The number of amides is 1. The van der Waals surface area contributed by atoms with Gasteiger partial charge in [0.1, 0.15) is 5.75 Å². The third kappa shape index (κ3) is 5.76. The van der Waals surface area contributed by atoms with Crippen molar-refractivity contribution in [3.05, 3.63) is 45.9 Å². The maximum Gasteiger partial charge on any atom is 0.253 e. The lowest BCUT2D eigenvalue weighted by atomic mass is 9.81. The van der Waals surface area contributed by atoms with E-state index in [1.165, 1.54) is 0 Å². The van der Waals surface area contributed by atoms with Gasteiger partial charge in [-0.2, -0.15) is 0 Å². The molecule has 2 aromatic rings. The molecule has 4 rings (SSSR count). The van der Waals surface area contributed by atoms with Crippen LogP contribution in [0, 0.1) is 6.92 Å². The third-order valence-electron chi connectivity index (χ3n) is 6.54. The van der Waals surface area contributed by atoms with Crippen molar-refractivity contribution < 1.29 is 19.0 Å². The van der Waals surface area contributed by atoms with Crippen molar-refractivity contribution in [1.82, 2.24) is 9.88 Å². The van der Waals surface area contributed by atoms with Crippen LogP contribution in [-0.2, 0) is 9.47 Å². The van der Waals surface area contributed by atoms with Gasteiger partial charge in [-0.15, -0.1) is 11.3 Å². The molecule has 180 valence electrons. The Balaban J connectivity index is 1.43. The van der Waals surface area contributed by atoms with E-state index in [2.05, 4.69) is 11.9 Å². The first-order valence-electron chi connectivity index (χ1n) is 12.1. The first kappa shape index (κ1) is 24.2. The van der Waals surface area contributed by atoms with E-state index in [0.717, 1.165) is 60.5 Å². The molecule has 2 aliphatic heterocycles. The minimum Gasteiger partial charge on any atom is -0.491 e. The van der Waals surface area contributed by atoms with Crippen LogP contribution in [0.5, 0.6) is 5.75 Å². The summed E-state index contributed by atoms with van der Waals surface area (Å²) >= 11 is 1.64. The van der Waals surface area contributed by atoms with Crippen LogP contribution >= 0.6 is 11.3 Å². The number of piperidine rings is 1. The van der Waals surface area contributed by atoms with Crippen molar-refractivity contribution >= 4 is 17.2 Å². The summed E-state index contributed by atoms with van der Waals surface area (Å²) in [5, 5.41) is 0. The minimum absolute atomic E-state index is 0.0199. The summed E-state index contributed by atoms with van der Waals surface area (Å²) in [6.45, 7) is 10.3. The molecule has 6 nitrogen and oxygen atoms in total. The summed E-state index contributed by atoms with van der Waals surface area (Å²) in [6, 6.07) is 5.73. The standard InChI is InChI=1S/C26H36N2O4S/c1-5-12-30-21-14-23(24-16-27-17-33-24)32-26(15-21)8-10-28(11-9-26)25(29)20-6-7-22(19(4)13-20)31-18(2)3/h6-7,13,16-18,21,23H,5,8-12,14-15H2,1-4H3/t21-,23-/m0/s1. The van der Waals surface area contributed by atoms with E-state index in [1.54, 1.807) is 11.3 Å². The van der Waals surface area contributed by atoms with Gasteiger partial charge in [-0.25, -0.2) is 0 Å². The number of rotatable bonds is 7. The second-order valence-corrected chi connectivity index (χ2v) is 10.5. The Morgan fingerprint density at radius 1 is 1.33 bits per heavy atom. The van der Waals surface area contributed by atoms with Crippen molar-refractivity contribution in [2.24, 2.45) is 0 Å². The smallest absolute Gasteiger partial charge is 0.253 e. The SMILES string of the molecule is CCCO[C@H]1C[C@@H](c2cncs2)OC2(CCN(C(=O)c3ccc(OC(C)C)c(C)c3)CC2)C1. The van der Waals surface area contributed by atoms with E-state index in [0.29, 0.717) is 13.1 Å². The van der Waals surface area contributed by atoms with Crippen molar-refractivity contribution in [3.63, 3.8) is 0 Å². The molecule has 1 spiro atoms. The molecule has 0 N–H and O–H groups in total. The Morgan fingerprint density at radius 2 is 2.12 bits per heavy atom. The first-order chi connectivity index (χ1) is 15.9. The molecule has 0 unspecified atom stereocenters. The molecule has 0 saturated carbocycles. The topological polar surface area (TPSA) is 60.9 Å². The van der Waals surface area contributed by atoms with Crippen LogP contribution < -0.4 is 4.74 Å². The van der Waals surface area contributed by atoms with Crippen LogP contribution in [0.25, 0.3) is 0 Å². The summed E-state index contributed by atoms with van der Waals surface area (Å²) in [5.74, 6) is 0.916. The van der Waals surface area contributed by atoms with Gasteiger partial charge in [0, 0.05) is 44.3 Å². The van der Waals surface area contributed by atoms with Gasteiger partial charge < -0.3 is 19.1 Å². The molecule has 2 fully saturated rings. The number of benzene rings is 1. The predicted octanol–water partition coefficient (Wildman–Crippen LogP) is 5.56. The number of carbonyl (C=O) groups is 1. The maximum atomic E-state index is 13.2. The molecule has 2 atom stereocenters. The number of carbonyl (C=O) groups excluding carboxylic acids is 1. The number of nitrogens with zero attached hydrogens (tertiary/aromatic N) is 2. The lowest BCUT2D eigenvalue weighted by Crippen LogP contribution is -2.52. The van der Waals surface area contributed by atoms with E-state index in [-0.39, 0.29) is 29.8 Å². The summed E-state index contributed by atoms with van der Waals surface area (Å²) in [7, 11) is 0. The molecule has 33 heavy (non-hydrogen) atoms. The summed E-state index contributed by atoms with van der Waals surface area (Å²) < 4.78 is 18.7. The normalized spacial score (nSPS) is 22.6. The highest BCUT2D eigenvalue weighted by atomic mass is 32.1. The largest absolute Gasteiger partial charge is 0.491 e. The second kappa shape index (κ2) is 10.5. The van der Waals surface area contributed by atoms with E-state index in [9.17, 15) is 4.79 Å². The second-order valence-electron chi connectivity index (χ2n) is 9.57. The Labute approximate surface area is 201 Å². The van der Waals surface area contributed by atoms with E-state index >= 15 is 0 Å². The Morgan fingerprint density at radius 3 is 2.76 bits per heavy atom. The fourth-order valence-electron chi connectivity index (χ4n) is 4.90. The summed E-state index contributed by atoms with van der Waals surface area (Å²) in [6.07, 6.45) is 6.66. The molecule has 1 amide bonds. The van der Waals surface area contributed by atoms with E-state index in [4.69, 9.17) is 14.2 Å². The van der Waals surface area contributed by atoms with Gasteiger partial charge in [-0.3, -0.25) is 9.78 Å². The number of aromatic nitrogens is 1. The number of hydrogen-bond acceptors (Lipinski definition) is 6. The molecule has 2 aliphatic rings. The fraction of sp³-hybridized carbons (Fsp3) is 0.615. The fourth-order valence-corrected chi connectivity index (χ4v) is 5.56. The number of aryl methyl sites for hydroxylation is 1. The molecule has 0 radical (unpaired) electrons. The van der Waals surface area contributed by atoms with Gasteiger partial charge in [0.2, 0.25) is 0 Å². The van der Waals surface area contributed by atoms with E-state index in [1.807, 2.05) is 55.6 Å². The number of thiazole rings is 1. The van der Waals surface area contributed by atoms with Crippen LogP contribution in [0.2, 0.25) is 0 Å². The van der Waals surface area contributed by atoms with Crippen LogP contribution in [0.1, 0.15) is 79.8 Å². The molecule has 3 heterocycles. The van der Waals surface area contributed by atoms with Gasteiger partial charge in [-0.05, 0) is 63.8 Å². The van der Waals surface area contributed by atoms with Crippen molar-refractivity contribution in [2.75, 3.05) is 19.7 Å². The van der Waals surface area contributed by atoms with Gasteiger partial charge in [0.05, 0.1) is 34.3 Å². The zero-order valence-electron chi connectivity index (χ0n) is 20.2. The lowest BCUT2D eigenvalue weighted by molar-refractivity contribution is -0.190.